The van der Waals surface area contributed by atoms with Crippen molar-refractivity contribution in [1.29, 1.82) is 0 Å². The first-order chi connectivity index (χ1) is 16.0. The maximum absolute atomic E-state index is 13.5. The van der Waals surface area contributed by atoms with E-state index >= 15 is 0 Å². The number of ketones is 1. The molecule has 170 valence electrons. The Morgan fingerprint density at radius 3 is 2.21 bits per heavy atom. The number of carbonyl (C=O) groups excluding carboxylic acids is 1. The van der Waals surface area contributed by atoms with E-state index in [1.54, 1.807) is 24.3 Å². The second-order valence-electron chi connectivity index (χ2n) is 6.79. The molecule has 0 aliphatic carbocycles. The highest BCUT2D eigenvalue weighted by Gasteiger charge is 2.22. The maximum Gasteiger partial charge on any atom is 0.228 e. The van der Waals surface area contributed by atoms with Crippen molar-refractivity contribution in [2.24, 2.45) is 0 Å². The molecular weight excluding hydrogens is 446 g/mol. The number of phenols is 1. The van der Waals surface area contributed by atoms with Crippen molar-refractivity contribution >= 4 is 39.0 Å². The molecule has 4 aromatic rings. The van der Waals surface area contributed by atoms with E-state index < -0.39 is 0 Å². The van der Waals surface area contributed by atoms with Crippen LogP contribution in [0.4, 0.5) is 11.6 Å². The van der Waals surface area contributed by atoms with E-state index in [4.69, 9.17) is 18.9 Å². The predicted octanol–water partition coefficient (Wildman–Crippen LogP) is 4.41. The number of ether oxygens (including phenoxy) is 4. The molecule has 0 radical (unpaired) electrons. The molecule has 0 aliphatic heterocycles. The van der Waals surface area contributed by atoms with E-state index in [9.17, 15) is 9.90 Å². The number of nitrogens with one attached hydrogen (secondary N) is 1. The highest BCUT2D eigenvalue weighted by molar-refractivity contribution is 7.17. The van der Waals surface area contributed by atoms with Crippen molar-refractivity contribution in [2.45, 2.75) is 0 Å². The highest BCUT2D eigenvalue weighted by Crippen LogP contribution is 2.39. The summed E-state index contributed by atoms with van der Waals surface area (Å²) in [4.78, 5) is 22.5. The third-order valence-electron chi connectivity index (χ3n) is 4.88. The lowest BCUT2D eigenvalue weighted by molar-refractivity contribution is 0.103. The molecule has 0 amide bonds. The summed E-state index contributed by atoms with van der Waals surface area (Å²) in [5.41, 5.74) is 1.70. The van der Waals surface area contributed by atoms with Crippen LogP contribution in [0.5, 0.6) is 28.7 Å². The van der Waals surface area contributed by atoms with Gasteiger partial charge in [-0.15, -0.1) is 11.3 Å². The summed E-state index contributed by atoms with van der Waals surface area (Å²) in [5.74, 6) is 1.31. The molecule has 2 aromatic heterocycles. The molecule has 0 fully saturated rings. The second-order valence-corrected chi connectivity index (χ2v) is 7.70. The molecule has 0 saturated carbocycles. The van der Waals surface area contributed by atoms with E-state index in [2.05, 4.69) is 15.3 Å². The number of fused-ring (bicyclic) bond motifs is 1. The number of hydrogen-bond donors (Lipinski definition) is 2. The van der Waals surface area contributed by atoms with Gasteiger partial charge in [-0.05, 0) is 35.7 Å². The average Bonchev–Trinajstić information content (AvgIpc) is 3.30. The lowest BCUT2D eigenvalue weighted by Crippen LogP contribution is -2.09. The summed E-state index contributed by atoms with van der Waals surface area (Å²) < 4.78 is 21.8. The van der Waals surface area contributed by atoms with Crippen LogP contribution in [-0.2, 0) is 0 Å². The van der Waals surface area contributed by atoms with Crippen LogP contribution in [0.1, 0.15) is 16.1 Å². The summed E-state index contributed by atoms with van der Waals surface area (Å²) in [7, 11) is 5.94. The minimum absolute atomic E-state index is 0.0344. The Kier molecular flexibility index (Phi) is 6.18. The van der Waals surface area contributed by atoms with Gasteiger partial charge < -0.3 is 29.4 Å². The van der Waals surface area contributed by atoms with Gasteiger partial charge in [0.25, 0.3) is 0 Å². The molecule has 0 unspecified atom stereocenters. The minimum Gasteiger partial charge on any atom is -0.504 e. The Labute approximate surface area is 193 Å². The molecular formula is C23H21N3O6S. The SMILES string of the molecule is COc1ccc(Nc2nc(C(=O)c3cc(OC)c(OC)c(OC)c3)c3sccc3n2)cc1O. The van der Waals surface area contributed by atoms with Gasteiger partial charge in [-0.25, -0.2) is 9.97 Å². The third-order valence-corrected chi connectivity index (χ3v) is 5.79. The summed E-state index contributed by atoms with van der Waals surface area (Å²) in [6.07, 6.45) is 0. The normalized spacial score (nSPS) is 10.7. The predicted molar refractivity (Wildman–Crippen MR) is 125 cm³/mol. The van der Waals surface area contributed by atoms with Crippen LogP contribution < -0.4 is 24.3 Å². The van der Waals surface area contributed by atoms with Crippen LogP contribution in [0.2, 0.25) is 0 Å². The van der Waals surface area contributed by atoms with E-state index in [-0.39, 0.29) is 23.2 Å². The molecule has 0 aliphatic rings. The molecule has 2 heterocycles. The van der Waals surface area contributed by atoms with Crippen LogP contribution in [-0.4, -0.2) is 49.3 Å². The lowest BCUT2D eigenvalue weighted by Gasteiger charge is -2.14. The Hall–Kier alpha value is -4.05. The fourth-order valence-corrected chi connectivity index (χ4v) is 4.14. The van der Waals surface area contributed by atoms with Gasteiger partial charge in [-0.1, -0.05) is 0 Å². The lowest BCUT2D eigenvalue weighted by atomic mass is 10.1. The van der Waals surface area contributed by atoms with Gasteiger partial charge >= 0.3 is 0 Å². The standard InChI is InChI=1S/C23H21N3O6S/c1-29-16-6-5-13(11-15(16)27)24-23-25-14-7-8-33-22(14)19(26-23)20(28)12-9-17(30-2)21(32-4)18(10-12)31-3/h5-11,27H,1-4H3,(H,24,25,26). The van der Waals surface area contributed by atoms with Crippen LogP contribution in [0.25, 0.3) is 10.2 Å². The Bertz CT molecular complexity index is 1310. The van der Waals surface area contributed by atoms with Gasteiger partial charge in [0.05, 0.1) is 38.7 Å². The molecule has 0 spiro atoms. The first-order valence-corrected chi connectivity index (χ1v) is 10.6. The van der Waals surface area contributed by atoms with Crippen LogP contribution in [0.3, 0.4) is 0 Å². The summed E-state index contributed by atoms with van der Waals surface area (Å²) in [6, 6.07) is 9.79. The van der Waals surface area contributed by atoms with Gasteiger partial charge in [0, 0.05) is 17.3 Å². The van der Waals surface area contributed by atoms with Crippen molar-refractivity contribution < 1.29 is 28.8 Å². The zero-order valence-corrected chi connectivity index (χ0v) is 19.1. The monoisotopic (exact) mass is 467 g/mol. The number of hydrogen-bond acceptors (Lipinski definition) is 10. The van der Waals surface area contributed by atoms with Crippen LogP contribution >= 0.6 is 11.3 Å². The van der Waals surface area contributed by atoms with Crippen molar-refractivity contribution in [3.05, 3.63) is 53.0 Å². The molecule has 10 heteroatoms. The first kappa shape index (κ1) is 22.2. The van der Waals surface area contributed by atoms with Gasteiger partial charge in [-0.3, -0.25) is 4.79 Å². The van der Waals surface area contributed by atoms with Gasteiger partial charge in [0.15, 0.2) is 23.0 Å². The number of anilines is 2. The highest BCUT2D eigenvalue weighted by atomic mass is 32.1. The van der Waals surface area contributed by atoms with Crippen molar-refractivity contribution in [1.82, 2.24) is 9.97 Å². The number of aromatic nitrogens is 2. The van der Waals surface area contributed by atoms with E-state index in [0.717, 1.165) is 0 Å². The Balaban J connectivity index is 1.77. The van der Waals surface area contributed by atoms with Gasteiger partial charge in [0.1, 0.15) is 5.69 Å². The Morgan fingerprint density at radius 1 is 0.909 bits per heavy atom. The minimum atomic E-state index is -0.329. The number of benzene rings is 2. The second kappa shape index (κ2) is 9.21. The maximum atomic E-state index is 13.5. The Morgan fingerprint density at radius 2 is 1.61 bits per heavy atom. The van der Waals surface area contributed by atoms with Crippen molar-refractivity contribution in [3.63, 3.8) is 0 Å². The van der Waals surface area contributed by atoms with Gasteiger partial charge in [0.2, 0.25) is 17.5 Å². The molecule has 0 bridgehead atoms. The number of nitrogens with zero attached hydrogens (tertiary/aromatic N) is 2. The largest absolute Gasteiger partial charge is 0.504 e. The summed E-state index contributed by atoms with van der Waals surface area (Å²) >= 11 is 1.37. The molecule has 2 aromatic carbocycles. The number of aromatic hydroxyl groups is 1. The number of thiophene rings is 1. The summed E-state index contributed by atoms with van der Waals surface area (Å²) in [6.45, 7) is 0. The van der Waals surface area contributed by atoms with Crippen molar-refractivity contribution in [2.75, 3.05) is 33.8 Å². The smallest absolute Gasteiger partial charge is 0.228 e. The van der Waals surface area contributed by atoms with E-state index in [1.807, 2.05) is 11.4 Å². The number of carbonyl (C=O) groups is 1. The molecule has 0 atom stereocenters. The van der Waals surface area contributed by atoms with Crippen LogP contribution in [0, 0.1) is 0 Å². The van der Waals surface area contributed by atoms with Crippen LogP contribution in [0.15, 0.2) is 41.8 Å². The fraction of sp³-hybridized carbons (Fsp3) is 0.174. The zero-order valence-electron chi connectivity index (χ0n) is 18.3. The zero-order chi connectivity index (χ0) is 23.5. The fourth-order valence-electron chi connectivity index (χ4n) is 3.32. The number of rotatable bonds is 8. The quantitative estimate of drug-likeness (QED) is 0.364. The summed E-state index contributed by atoms with van der Waals surface area (Å²) in [5, 5.41) is 14.9. The first-order valence-electron chi connectivity index (χ1n) is 9.73. The van der Waals surface area contributed by atoms with E-state index in [1.165, 1.54) is 45.8 Å². The molecule has 2 N–H and O–H groups in total. The average molecular weight is 468 g/mol. The van der Waals surface area contributed by atoms with E-state index in [0.29, 0.717) is 44.5 Å². The molecule has 9 nitrogen and oxygen atoms in total. The number of methoxy groups -OCH3 is 4. The molecule has 0 saturated heterocycles. The number of phenolic OH excluding ortho intramolecular Hbond substituents is 1. The topological polar surface area (TPSA) is 112 Å². The third kappa shape index (κ3) is 4.20. The molecule has 4 rings (SSSR count). The van der Waals surface area contributed by atoms with Gasteiger partial charge in [-0.2, -0.15) is 0 Å². The van der Waals surface area contributed by atoms with Crippen molar-refractivity contribution in [3.8, 4) is 28.7 Å². The molecule has 33 heavy (non-hydrogen) atoms.